The maximum atomic E-state index is 8.00. The summed E-state index contributed by atoms with van der Waals surface area (Å²) in [5.41, 5.74) is 6.27. The van der Waals surface area contributed by atoms with E-state index in [9.17, 15) is 0 Å². The molecular weight excluding hydrogens is 254 g/mol. The van der Waals surface area contributed by atoms with Gasteiger partial charge in [-0.05, 0) is 29.2 Å². The molecule has 0 spiro atoms. The van der Waals surface area contributed by atoms with Gasteiger partial charge in [0.15, 0.2) is 0 Å². The summed E-state index contributed by atoms with van der Waals surface area (Å²) in [5.74, 6) is 0. The maximum absolute atomic E-state index is 8.00. The second-order valence-electron chi connectivity index (χ2n) is 5.08. The van der Waals surface area contributed by atoms with Crippen molar-refractivity contribution < 1.29 is 0 Å². The second kappa shape index (κ2) is 5.76. The van der Waals surface area contributed by atoms with Crippen molar-refractivity contribution in [3.63, 3.8) is 0 Å². The lowest BCUT2D eigenvalue weighted by molar-refractivity contribution is 1.45. The Hall–Kier alpha value is -2.67. The fraction of sp³-hybridized carbons (Fsp3) is 0.0500. The third-order valence-electron chi connectivity index (χ3n) is 3.63. The second-order valence-corrected chi connectivity index (χ2v) is 5.08. The van der Waals surface area contributed by atoms with Crippen molar-refractivity contribution in [2.75, 3.05) is 0 Å². The number of hydrogen-bond donors (Lipinski definition) is 1. The van der Waals surface area contributed by atoms with E-state index in [2.05, 4.69) is 54.6 Å². The summed E-state index contributed by atoms with van der Waals surface area (Å²) < 4.78 is 0. The van der Waals surface area contributed by atoms with Crippen molar-refractivity contribution in [2.24, 2.45) is 0 Å². The first-order chi connectivity index (χ1) is 10.3. The molecule has 102 valence electrons. The first-order valence-corrected chi connectivity index (χ1v) is 7.07. The lowest BCUT2D eigenvalue weighted by atomic mass is 9.91. The molecular formula is C20H17N. The molecule has 0 amide bonds. The van der Waals surface area contributed by atoms with Crippen LogP contribution in [0.2, 0.25) is 0 Å². The Morgan fingerprint density at radius 3 is 1.81 bits per heavy atom. The number of nitrogens with one attached hydrogen (secondary N) is 1. The summed E-state index contributed by atoms with van der Waals surface area (Å²) in [6, 6.07) is 26.9. The Morgan fingerprint density at radius 1 is 0.619 bits per heavy atom. The highest BCUT2D eigenvalue weighted by Crippen LogP contribution is 2.33. The third-order valence-corrected chi connectivity index (χ3v) is 3.63. The van der Waals surface area contributed by atoms with Gasteiger partial charge in [0.1, 0.15) is 0 Å². The molecule has 0 aromatic heterocycles. The van der Waals surface area contributed by atoms with Gasteiger partial charge in [-0.3, -0.25) is 0 Å². The molecule has 0 unspecified atom stereocenters. The van der Waals surface area contributed by atoms with Gasteiger partial charge in [-0.2, -0.15) is 0 Å². The minimum absolute atomic E-state index is 0.591. The molecule has 3 rings (SSSR count). The van der Waals surface area contributed by atoms with Gasteiger partial charge in [-0.25, -0.2) is 0 Å². The van der Waals surface area contributed by atoms with Crippen LogP contribution < -0.4 is 0 Å². The van der Waals surface area contributed by atoms with Crippen LogP contribution in [0.3, 0.4) is 0 Å². The van der Waals surface area contributed by atoms with Gasteiger partial charge in [0, 0.05) is 11.3 Å². The van der Waals surface area contributed by atoms with Crippen LogP contribution in [-0.2, 0) is 0 Å². The van der Waals surface area contributed by atoms with E-state index in [1.165, 1.54) is 16.7 Å². The van der Waals surface area contributed by atoms with Gasteiger partial charge in [-0.1, -0.05) is 78.9 Å². The van der Waals surface area contributed by atoms with Gasteiger partial charge in [0.05, 0.1) is 0 Å². The van der Waals surface area contributed by atoms with E-state index in [1.54, 1.807) is 0 Å². The van der Waals surface area contributed by atoms with Crippen molar-refractivity contribution in [1.29, 1.82) is 5.41 Å². The Morgan fingerprint density at radius 2 is 1.14 bits per heavy atom. The molecule has 3 aromatic carbocycles. The normalized spacial score (nSPS) is 10.3. The zero-order chi connectivity index (χ0) is 14.7. The minimum Gasteiger partial charge on any atom is -0.305 e. The molecule has 0 bridgehead atoms. The molecule has 0 atom stereocenters. The van der Waals surface area contributed by atoms with E-state index in [-0.39, 0.29) is 0 Å². The third kappa shape index (κ3) is 2.63. The van der Waals surface area contributed by atoms with Crippen molar-refractivity contribution in [1.82, 2.24) is 0 Å². The quantitative estimate of drug-likeness (QED) is 0.616. The predicted molar refractivity (Wildman–Crippen MR) is 89.8 cm³/mol. The van der Waals surface area contributed by atoms with Crippen LogP contribution in [0.4, 0.5) is 0 Å². The topological polar surface area (TPSA) is 23.9 Å². The number of benzene rings is 3. The van der Waals surface area contributed by atoms with Gasteiger partial charge in [0.25, 0.3) is 0 Å². The molecule has 1 nitrogen and oxygen atoms in total. The molecule has 0 heterocycles. The average molecular weight is 271 g/mol. The molecule has 0 aliphatic rings. The van der Waals surface area contributed by atoms with E-state index in [1.807, 2.05) is 31.2 Å². The molecule has 0 fully saturated rings. The van der Waals surface area contributed by atoms with Crippen LogP contribution >= 0.6 is 0 Å². The summed E-state index contributed by atoms with van der Waals surface area (Å²) in [7, 11) is 0. The van der Waals surface area contributed by atoms with Crippen LogP contribution in [0.5, 0.6) is 0 Å². The molecule has 1 N–H and O–H groups in total. The van der Waals surface area contributed by atoms with Crippen LogP contribution in [0.15, 0.2) is 78.9 Å². The van der Waals surface area contributed by atoms with Crippen LogP contribution in [0.1, 0.15) is 12.5 Å². The van der Waals surface area contributed by atoms with E-state index >= 15 is 0 Å². The van der Waals surface area contributed by atoms with Gasteiger partial charge in [-0.15, -0.1) is 0 Å². The Kier molecular flexibility index (Phi) is 3.65. The summed E-state index contributed by atoms with van der Waals surface area (Å²) in [6.45, 7) is 1.84. The van der Waals surface area contributed by atoms with E-state index in [0.717, 1.165) is 11.1 Å². The molecule has 0 aliphatic heterocycles. The molecule has 21 heavy (non-hydrogen) atoms. The monoisotopic (exact) mass is 271 g/mol. The Labute approximate surface area is 125 Å². The van der Waals surface area contributed by atoms with Crippen molar-refractivity contribution >= 4 is 5.71 Å². The van der Waals surface area contributed by atoms with Crippen LogP contribution in [0, 0.1) is 5.41 Å². The first-order valence-electron chi connectivity index (χ1n) is 7.07. The Bertz CT molecular complexity index is 773. The fourth-order valence-electron chi connectivity index (χ4n) is 2.63. The smallest absolute Gasteiger partial charge is 0.0361 e. The molecule has 1 heteroatoms. The molecule has 3 aromatic rings. The molecule has 0 radical (unpaired) electrons. The average Bonchev–Trinajstić information content (AvgIpc) is 2.55. The van der Waals surface area contributed by atoms with E-state index < -0.39 is 0 Å². The van der Waals surface area contributed by atoms with Crippen molar-refractivity contribution in [3.05, 3.63) is 84.4 Å². The zero-order valence-corrected chi connectivity index (χ0v) is 12.0. The lowest BCUT2D eigenvalue weighted by Crippen LogP contribution is -1.96. The van der Waals surface area contributed by atoms with Gasteiger partial charge < -0.3 is 5.41 Å². The van der Waals surface area contributed by atoms with Crippen LogP contribution in [-0.4, -0.2) is 5.71 Å². The SMILES string of the molecule is CC(=N)c1ccccc1-c1ccccc1-c1ccccc1. The van der Waals surface area contributed by atoms with E-state index in [0.29, 0.717) is 5.71 Å². The fourth-order valence-corrected chi connectivity index (χ4v) is 2.63. The summed E-state index contributed by atoms with van der Waals surface area (Å²) in [5, 5.41) is 8.00. The summed E-state index contributed by atoms with van der Waals surface area (Å²) >= 11 is 0. The highest BCUT2D eigenvalue weighted by Gasteiger charge is 2.11. The van der Waals surface area contributed by atoms with Gasteiger partial charge >= 0.3 is 0 Å². The number of hydrogen-bond acceptors (Lipinski definition) is 1. The maximum Gasteiger partial charge on any atom is 0.0361 e. The lowest BCUT2D eigenvalue weighted by Gasteiger charge is -2.13. The summed E-state index contributed by atoms with van der Waals surface area (Å²) in [6.07, 6.45) is 0. The molecule has 0 aliphatic carbocycles. The number of rotatable bonds is 3. The largest absolute Gasteiger partial charge is 0.305 e. The highest BCUT2D eigenvalue weighted by atomic mass is 14.4. The van der Waals surface area contributed by atoms with Crippen molar-refractivity contribution in [3.8, 4) is 22.3 Å². The standard InChI is InChI=1S/C20H17N/c1-15(21)17-11-5-7-13-19(17)20-14-8-6-12-18(20)16-9-3-2-4-10-16/h2-14,21H,1H3. The van der Waals surface area contributed by atoms with Gasteiger partial charge in [0.2, 0.25) is 0 Å². The Balaban J connectivity index is 2.24. The van der Waals surface area contributed by atoms with E-state index in [4.69, 9.17) is 5.41 Å². The highest BCUT2D eigenvalue weighted by molar-refractivity contribution is 6.04. The molecule has 0 saturated carbocycles. The van der Waals surface area contributed by atoms with Crippen LogP contribution in [0.25, 0.3) is 22.3 Å². The van der Waals surface area contributed by atoms with Crippen molar-refractivity contribution in [2.45, 2.75) is 6.92 Å². The summed E-state index contributed by atoms with van der Waals surface area (Å²) in [4.78, 5) is 0. The predicted octanol–water partition coefficient (Wildman–Crippen LogP) is 5.41. The first kappa shape index (κ1) is 13.3. The minimum atomic E-state index is 0.591. The molecule has 0 saturated heterocycles. The zero-order valence-electron chi connectivity index (χ0n) is 12.0.